The summed E-state index contributed by atoms with van der Waals surface area (Å²) >= 11 is 1.28. The summed E-state index contributed by atoms with van der Waals surface area (Å²) in [6.45, 7) is 0. The highest BCUT2D eigenvalue weighted by molar-refractivity contribution is 8.02. The Morgan fingerprint density at radius 3 is 2.58 bits per heavy atom. The average molecular weight is 300 g/mol. The van der Waals surface area contributed by atoms with Gasteiger partial charge in [-0.2, -0.15) is 0 Å². The number of carboxylic acids is 1. The normalized spacial score (nSPS) is 23.1. The number of sulfone groups is 1. The third-order valence-electron chi connectivity index (χ3n) is 3.09. The first-order chi connectivity index (χ1) is 8.96. The van der Waals surface area contributed by atoms with Crippen molar-refractivity contribution in [2.24, 2.45) is 0 Å². The fourth-order valence-corrected chi connectivity index (χ4v) is 5.87. The van der Waals surface area contributed by atoms with Crippen LogP contribution < -0.4 is 0 Å². The predicted molar refractivity (Wildman–Crippen MR) is 76.2 cm³/mol. The molecule has 4 nitrogen and oxygen atoms in total. The van der Waals surface area contributed by atoms with Crippen molar-refractivity contribution >= 4 is 27.6 Å². The maximum atomic E-state index is 11.4. The van der Waals surface area contributed by atoms with Gasteiger partial charge in [-0.15, -0.1) is 11.8 Å². The minimum absolute atomic E-state index is 0.0881. The van der Waals surface area contributed by atoms with E-state index in [-0.39, 0.29) is 16.8 Å². The molecule has 0 aliphatic carbocycles. The highest BCUT2D eigenvalue weighted by atomic mass is 32.2. The molecule has 1 aliphatic rings. The molecule has 1 heterocycles. The van der Waals surface area contributed by atoms with Gasteiger partial charge in [0.1, 0.15) is 5.25 Å². The van der Waals surface area contributed by atoms with Gasteiger partial charge in [-0.1, -0.05) is 30.3 Å². The van der Waals surface area contributed by atoms with Crippen molar-refractivity contribution in [3.8, 4) is 0 Å². The molecule has 0 saturated carbocycles. The van der Waals surface area contributed by atoms with E-state index in [1.54, 1.807) is 0 Å². The van der Waals surface area contributed by atoms with Crippen LogP contribution in [0.15, 0.2) is 30.3 Å². The minimum atomic E-state index is -2.95. The molecule has 1 saturated heterocycles. The Balaban J connectivity index is 2.00. The van der Waals surface area contributed by atoms with Crippen molar-refractivity contribution in [1.29, 1.82) is 0 Å². The average Bonchev–Trinajstić information content (AvgIpc) is 2.69. The molecule has 0 aromatic heterocycles. The van der Waals surface area contributed by atoms with Gasteiger partial charge in [0.15, 0.2) is 9.84 Å². The number of hydrogen-bond acceptors (Lipinski definition) is 4. The molecular weight excluding hydrogens is 284 g/mol. The SMILES string of the molecule is O=C(O)C(Cc1ccccc1)SC1CCS(=O)(=O)C1. The van der Waals surface area contributed by atoms with Gasteiger partial charge in [-0.3, -0.25) is 4.79 Å². The summed E-state index contributed by atoms with van der Waals surface area (Å²) in [4.78, 5) is 11.3. The number of rotatable bonds is 5. The third kappa shape index (κ3) is 4.24. The molecule has 0 radical (unpaired) electrons. The molecule has 0 spiro atoms. The monoisotopic (exact) mass is 300 g/mol. The van der Waals surface area contributed by atoms with Crippen LogP contribution in [0.2, 0.25) is 0 Å². The molecule has 0 bridgehead atoms. The van der Waals surface area contributed by atoms with E-state index < -0.39 is 21.1 Å². The Morgan fingerprint density at radius 1 is 1.37 bits per heavy atom. The smallest absolute Gasteiger partial charge is 0.316 e. The lowest BCUT2D eigenvalue weighted by atomic mass is 10.1. The van der Waals surface area contributed by atoms with Gasteiger partial charge < -0.3 is 5.11 Å². The summed E-state index contributed by atoms with van der Waals surface area (Å²) < 4.78 is 22.8. The Labute approximate surface area is 117 Å². The fourth-order valence-electron chi connectivity index (χ4n) is 2.12. The number of thioether (sulfide) groups is 1. The van der Waals surface area contributed by atoms with E-state index in [1.165, 1.54) is 11.8 Å². The summed E-state index contributed by atoms with van der Waals surface area (Å²) in [6, 6.07) is 9.41. The van der Waals surface area contributed by atoms with Crippen molar-refractivity contribution in [3.63, 3.8) is 0 Å². The maximum absolute atomic E-state index is 11.4. The molecular formula is C13H16O4S2. The molecule has 1 aromatic rings. The number of carbonyl (C=O) groups is 1. The molecule has 2 rings (SSSR count). The summed E-state index contributed by atoms with van der Waals surface area (Å²) in [5, 5.41) is 8.58. The zero-order valence-electron chi connectivity index (χ0n) is 10.4. The van der Waals surface area contributed by atoms with Crippen molar-refractivity contribution in [1.82, 2.24) is 0 Å². The first-order valence-electron chi connectivity index (χ1n) is 6.09. The highest BCUT2D eigenvalue weighted by Crippen LogP contribution is 2.29. The van der Waals surface area contributed by atoms with E-state index in [0.717, 1.165) is 5.56 Å². The summed E-state index contributed by atoms with van der Waals surface area (Å²) in [7, 11) is -2.95. The van der Waals surface area contributed by atoms with Crippen LogP contribution in [-0.2, 0) is 21.1 Å². The van der Waals surface area contributed by atoms with E-state index in [9.17, 15) is 18.3 Å². The van der Waals surface area contributed by atoms with E-state index >= 15 is 0 Å². The van der Waals surface area contributed by atoms with Crippen LogP contribution in [-0.4, -0.2) is 41.5 Å². The van der Waals surface area contributed by atoms with E-state index in [4.69, 9.17) is 0 Å². The Morgan fingerprint density at radius 2 is 2.05 bits per heavy atom. The molecule has 6 heteroatoms. The second kappa shape index (κ2) is 5.96. The number of benzene rings is 1. The van der Waals surface area contributed by atoms with Crippen LogP contribution >= 0.6 is 11.8 Å². The largest absolute Gasteiger partial charge is 0.480 e. The molecule has 2 unspecified atom stereocenters. The highest BCUT2D eigenvalue weighted by Gasteiger charge is 2.32. The zero-order chi connectivity index (χ0) is 13.9. The van der Waals surface area contributed by atoms with Gasteiger partial charge in [0, 0.05) is 5.25 Å². The Kier molecular flexibility index (Phi) is 4.52. The number of hydrogen-bond donors (Lipinski definition) is 1. The maximum Gasteiger partial charge on any atom is 0.316 e. The van der Waals surface area contributed by atoms with Crippen LogP contribution in [0.25, 0.3) is 0 Å². The van der Waals surface area contributed by atoms with Gasteiger partial charge in [0.05, 0.1) is 11.5 Å². The quantitative estimate of drug-likeness (QED) is 0.894. The van der Waals surface area contributed by atoms with Crippen molar-refractivity contribution in [2.45, 2.75) is 23.3 Å². The van der Waals surface area contributed by atoms with Gasteiger partial charge in [0.25, 0.3) is 0 Å². The van der Waals surface area contributed by atoms with E-state index in [1.807, 2.05) is 30.3 Å². The zero-order valence-corrected chi connectivity index (χ0v) is 12.0. The minimum Gasteiger partial charge on any atom is -0.480 e. The Hall–Kier alpha value is -1.01. The van der Waals surface area contributed by atoms with Gasteiger partial charge in [-0.25, -0.2) is 8.42 Å². The predicted octanol–water partition coefficient (Wildman–Crippen LogP) is 1.60. The first kappa shape index (κ1) is 14.4. The third-order valence-corrected chi connectivity index (χ3v) is 6.55. The van der Waals surface area contributed by atoms with Crippen molar-refractivity contribution < 1.29 is 18.3 Å². The van der Waals surface area contributed by atoms with Crippen LogP contribution in [0.5, 0.6) is 0 Å². The Bertz CT molecular complexity index is 539. The summed E-state index contributed by atoms with van der Waals surface area (Å²) in [5.74, 6) is -0.586. The van der Waals surface area contributed by atoms with Gasteiger partial charge >= 0.3 is 5.97 Å². The molecule has 2 atom stereocenters. The van der Waals surface area contributed by atoms with Gasteiger partial charge in [-0.05, 0) is 18.4 Å². The van der Waals surface area contributed by atoms with E-state index in [2.05, 4.69) is 0 Å². The summed E-state index contributed by atoms with van der Waals surface area (Å²) in [6.07, 6.45) is 0.989. The number of aliphatic carboxylic acids is 1. The van der Waals surface area contributed by atoms with Crippen molar-refractivity contribution in [3.05, 3.63) is 35.9 Å². The molecule has 1 N–H and O–H groups in total. The van der Waals surface area contributed by atoms with E-state index in [0.29, 0.717) is 12.8 Å². The number of carboxylic acid groups (broad SMARTS) is 1. The second-order valence-electron chi connectivity index (χ2n) is 4.68. The first-order valence-corrected chi connectivity index (χ1v) is 8.85. The molecule has 19 heavy (non-hydrogen) atoms. The van der Waals surface area contributed by atoms with Crippen LogP contribution in [0.1, 0.15) is 12.0 Å². The second-order valence-corrected chi connectivity index (χ2v) is 8.41. The standard InChI is InChI=1S/C13H16O4S2/c14-13(15)12(8-10-4-2-1-3-5-10)18-11-6-7-19(16,17)9-11/h1-5,11-12H,6-9H2,(H,14,15). The summed E-state index contributed by atoms with van der Waals surface area (Å²) in [5.41, 5.74) is 0.961. The molecule has 1 fully saturated rings. The lowest BCUT2D eigenvalue weighted by Crippen LogP contribution is -2.23. The molecule has 1 aromatic carbocycles. The molecule has 1 aliphatic heterocycles. The topological polar surface area (TPSA) is 71.4 Å². The van der Waals surface area contributed by atoms with Gasteiger partial charge in [0.2, 0.25) is 0 Å². The lowest BCUT2D eigenvalue weighted by Gasteiger charge is -2.15. The fraction of sp³-hybridized carbons (Fsp3) is 0.462. The van der Waals surface area contributed by atoms with Crippen molar-refractivity contribution in [2.75, 3.05) is 11.5 Å². The van der Waals surface area contributed by atoms with Crippen LogP contribution in [0, 0.1) is 0 Å². The molecule has 0 amide bonds. The molecule has 104 valence electrons. The van der Waals surface area contributed by atoms with Crippen LogP contribution in [0.3, 0.4) is 0 Å². The lowest BCUT2D eigenvalue weighted by molar-refractivity contribution is -0.136. The van der Waals surface area contributed by atoms with Crippen LogP contribution in [0.4, 0.5) is 0 Å².